The minimum atomic E-state index is -0.00149. The number of aromatic nitrogens is 1. The second-order valence-corrected chi connectivity index (χ2v) is 8.64. The molecule has 1 fully saturated rings. The molecule has 0 radical (unpaired) electrons. The Morgan fingerprint density at radius 1 is 0.967 bits per heavy atom. The van der Waals surface area contributed by atoms with Crippen molar-refractivity contribution in [3.8, 4) is 0 Å². The van der Waals surface area contributed by atoms with E-state index in [4.69, 9.17) is 4.52 Å². The van der Waals surface area contributed by atoms with E-state index in [1.165, 1.54) is 29.2 Å². The van der Waals surface area contributed by atoms with E-state index < -0.39 is 0 Å². The van der Waals surface area contributed by atoms with Crippen LogP contribution in [0.25, 0.3) is 21.7 Å². The van der Waals surface area contributed by atoms with Crippen molar-refractivity contribution in [3.05, 3.63) is 82.1 Å². The van der Waals surface area contributed by atoms with Gasteiger partial charge in [-0.25, -0.2) is 0 Å². The molecule has 1 aliphatic rings. The molecule has 154 valence electrons. The average Bonchev–Trinajstić information content (AvgIpc) is 3.08. The zero-order chi connectivity index (χ0) is 20.5. The normalized spacial score (nSPS) is 15.9. The maximum atomic E-state index is 12.5. The lowest BCUT2D eigenvalue weighted by Crippen LogP contribution is -2.33. The molecule has 0 N–H and O–H groups in total. The maximum Gasteiger partial charge on any atom is 0.290 e. The molecule has 0 aliphatic carbocycles. The smallest absolute Gasteiger partial charge is 0.290 e. The lowest BCUT2D eigenvalue weighted by atomic mass is 9.93. The standard InChI is InChI=1S/C26H28N2O2/c1-19-9-10-24-25(17-19)30-28(26(24)29)16-13-20-11-14-27(15-12-20)18-22-7-4-6-21-5-2-3-8-23(21)22/h2-10,17,20H,11-16,18H2,1H3. The predicted octanol–water partition coefficient (Wildman–Crippen LogP) is 5.36. The van der Waals surface area contributed by atoms with Crippen molar-refractivity contribution < 1.29 is 4.52 Å². The number of aryl methyl sites for hydroxylation is 2. The summed E-state index contributed by atoms with van der Waals surface area (Å²) in [6.45, 7) is 5.92. The zero-order valence-corrected chi connectivity index (χ0v) is 17.5. The van der Waals surface area contributed by atoms with Crippen LogP contribution < -0.4 is 5.56 Å². The summed E-state index contributed by atoms with van der Waals surface area (Å²) in [5, 5.41) is 3.36. The third kappa shape index (κ3) is 3.80. The van der Waals surface area contributed by atoms with E-state index in [0.717, 1.165) is 31.6 Å². The number of likely N-dealkylation sites (tertiary alicyclic amines) is 1. The van der Waals surface area contributed by atoms with Crippen LogP contribution >= 0.6 is 0 Å². The van der Waals surface area contributed by atoms with Crippen LogP contribution in [0, 0.1) is 12.8 Å². The Hall–Kier alpha value is -2.85. The first-order valence-corrected chi connectivity index (χ1v) is 11.0. The van der Waals surface area contributed by atoms with E-state index in [0.29, 0.717) is 23.4 Å². The number of piperidine rings is 1. The number of nitrogens with zero attached hydrogens (tertiary/aromatic N) is 2. The van der Waals surface area contributed by atoms with Crippen molar-refractivity contribution in [2.24, 2.45) is 5.92 Å². The first-order valence-electron chi connectivity index (χ1n) is 11.0. The van der Waals surface area contributed by atoms with Crippen LogP contribution in [0.1, 0.15) is 30.4 Å². The molecular formula is C26H28N2O2. The average molecular weight is 401 g/mol. The van der Waals surface area contributed by atoms with Crippen LogP contribution in [0.15, 0.2) is 70.0 Å². The minimum Gasteiger partial charge on any atom is -0.376 e. The summed E-state index contributed by atoms with van der Waals surface area (Å²) >= 11 is 0. The van der Waals surface area contributed by atoms with Crippen LogP contribution in [0.5, 0.6) is 0 Å². The highest BCUT2D eigenvalue weighted by molar-refractivity contribution is 5.85. The van der Waals surface area contributed by atoms with E-state index in [-0.39, 0.29) is 5.56 Å². The van der Waals surface area contributed by atoms with Gasteiger partial charge in [0.1, 0.15) is 0 Å². The van der Waals surface area contributed by atoms with Crippen molar-refractivity contribution in [2.45, 2.75) is 39.3 Å². The zero-order valence-electron chi connectivity index (χ0n) is 17.5. The SMILES string of the molecule is Cc1ccc2c(=O)n(CCC3CCN(Cc4cccc5ccccc45)CC3)oc2c1. The van der Waals surface area contributed by atoms with Crippen LogP contribution in [0.2, 0.25) is 0 Å². The fourth-order valence-corrected chi connectivity index (χ4v) is 4.73. The van der Waals surface area contributed by atoms with Crippen LogP contribution in [-0.4, -0.2) is 22.7 Å². The summed E-state index contributed by atoms with van der Waals surface area (Å²) in [7, 11) is 0. The summed E-state index contributed by atoms with van der Waals surface area (Å²) in [5.41, 5.74) is 3.22. The topological polar surface area (TPSA) is 38.4 Å². The first kappa shape index (κ1) is 19.1. The van der Waals surface area contributed by atoms with E-state index in [1.54, 1.807) is 4.74 Å². The Kier molecular flexibility index (Phi) is 5.17. The van der Waals surface area contributed by atoms with Crippen LogP contribution in [0.3, 0.4) is 0 Å². The van der Waals surface area contributed by atoms with E-state index in [1.807, 2.05) is 25.1 Å². The largest absolute Gasteiger partial charge is 0.376 e. The molecule has 0 spiro atoms. The van der Waals surface area contributed by atoms with Crippen molar-refractivity contribution in [1.82, 2.24) is 9.64 Å². The summed E-state index contributed by atoms with van der Waals surface area (Å²) in [5.74, 6) is 0.649. The Balaban J connectivity index is 1.19. The highest BCUT2D eigenvalue weighted by atomic mass is 16.5. The summed E-state index contributed by atoms with van der Waals surface area (Å²) < 4.78 is 7.35. The maximum absolute atomic E-state index is 12.5. The number of fused-ring (bicyclic) bond motifs is 2. The van der Waals surface area contributed by atoms with Gasteiger partial charge in [-0.1, -0.05) is 48.5 Å². The molecule has 0 unspecified atom stereocenters. The number of benzene rings is 3. The van der Waals surface area contributed by atoms with Gasteiger partial charge in [-0.3, -0.25) is 9.69 Å². The van der Waals surface area contributed by atoms with Gasteiger partial charge in [0, 0.05) is 6.54 Å². The van der Waals surface area contributed by atoms with Gasteiger partial charge in [0.2, 0.25) is 0 Å². The Morgan fingerprint density at radius 3 is 2.63 bits per heavy atom. The van der Waals surface area contributed by atoms with Gasteiger partial charge in [0.15, 0.2) is 5.58 Å². The second-order valence-electron chi connectivity index (χ2n) is 8.64. The van der Waals surface area contributed by atoms with Gasteiger partial charge >= 0.3 is 0 Å². The Labute approximate surface area is 176 Å². The lowest BCUT2D eigenvalue weighted by molar-refractivity contribution is 0.159. The van der Waals surface area contributed by atoms with Gasteiger partial charge in [0.05, 0.1) is 11.9 Å². The van der Waals surface area contributed by atoms with Crippen molar-refractivity contribution in [1.29, 1.82) is 0 Å². The molecule has 1 aliphatic heterocycles. The fourth-order valence-electron chi connectivity index (χ4n) is 4.73. The summed E-state index contributed by atoms with van der Waals surface area (Å²) in [4.78, 5) is 15.1. The molecular weight excluding hydrogens is 372 g/mol. The van der Waals surface area contributed by atoms with Gasteiger partial charge < -0.3 is 4.52 Å². The monoisotopic (exact) mass is 400 g/mol. The van der Waals surface area contributed by atoms with Gasteiger partial charge in [-0.2, -0.15) is 4.74 Å². The minimum absolute atomic E-state index is 0.00149. The molecule has 0 saturated carbocycles. The number of hydrogen-bond donors (Lipinski definition) is 0. The Bertz CT molecular complexity index is 1220. The molecule has 5 rings (SSSR count). The third-order valence-electron chi connectivity index (χ3n) is 6.52. The highest BCUT2D eigenvalue weighted by Gasteiger charge is 2.20. The molecule has 0 bridgehead atoms. The number of hydrogen-bond acceptors (Lipinski definition) is 3. The van der Waals surface area contributed by atoms with Crippen LogP contribution in [-0.2, 0) is 13.1 Å². The highest BCUT2D eigenvalue weighted by Crippen LogP contribution is 2.25. The fraction of sp³-hybridized carbons (Fsp3) is 0.346. The molecule has 30 heavy (non-hydrogen) atoms. The van der Waals surface area contributed by atoms with Crippen molar-refractivity contribution in [3.63, 3.8) is 0 Å². The van der Waals surface area contributed by atoms with Gasteiger partial charge in [0.25, 0.3) is 5.56 Å². The Morgan fingerprint density at radius 2 is 1.77 bits per heavy atom. The van der Waals surface area contributed by atoms with Crippen LogP contribution in [0.4, 0.5) is 0 Å². The first-order chi connectivity index (χ1) is 14.7. The van der Waals surface area contributed by atoms with Crippen molar-refractivity contribution in [2.75, 3.05) is 13.1 Å². The summed E-state index contributed by atoms with van der Waals surface area (Å²) in [6, 6.07) is 21.0. The molecule has 2 heterocycles. The molecule has 4 aromatic rings. The molecule has 0 atom stereocenters. The van der Waals surface area contributed by atoms with Crippen molar-refractivity contribution >= 4 is 21.7 Å². The quantitative estimate of drug-likeness (QED) is 0.453. The molecule has 0 amide bonds. The van der Waals surface area contributed by atoms with E-state index >= 15 is 0 Å². The lowest BCUT2D eigenvalue weighted by Gasteiger charge is -2.32. The number of rotatable bonds is 5. The molecule has 4 nitrogen and oxygen atoms in total. The van der Waals surface area contributed by atoms with Gasteiger partial charge in [-0.15, -0.1) is 0 Å². The predicted molar refractivity (Wildman–Crippen MR) is 122 cm³/mol. The van der Waals surface area contributed by atoms with E-state index in [9.17, 15) is 4.79 Å². The molecule has 3 aromatic carbocycles. The molecule has 1 aromatic heterocycles. The summed E-state index contributed by atoms with van der Waals surface area (Å²) in [6.07, 6.45) is 3.36. The van der Waals surface area contributed by atoms with Gasteiger partial charge in [-0.05, 0) is 79.2 Å². The van der Waals surface area contributed by atoms with E-state index in [2.05, 4.69) is 47.4 Å². The third-order valence-corrected chi connectivity index (χ3v) is 6.52. The molecule has 1 saturated heterocycles. The molecule has 4 heteroatoms. The second kappa shape index (κ2) is 8.11.